The number of phenols is 1. The number of aromatic hydroxyl groups is 1. The Morgan fingerprint density at radius 1 is 0.667 bits per heavy atom. The van der Waals surface area contributed by atoms with Crippen LogP contribution < -0.4 is 54.4 Å². The molecule has 0 spiro atoms. The number of phenolic OH excluding ortho intramolecular Hbond substituents is 1. The summed E-state index contributed by atoms with van der Waals surface area (Å²) in [6.45, 7) is 5.86. The van der Waals surface area contributed by atoms with Gasteiger partial charge in [0.05, 0.1) is 12.6 Å². The first-order chi connectivity index (χ1) is 41.6. The number of guanidine groups is 1. The molecular formula is C60H82N14O13. The Bertz CT molecular complexity index is 3060. The van der Waals surface area contributed by atoms with Gasteiger partial charge < -0.3 is 73.9 Å². The van der Waals surface area contributed by atoms with Gasteiger partial charge in [0.25, 0.3) is 0 Å². The number of primary amides is 1. The maximum absolute atomic E-state index is 14.9. The van der Waals surface area contributed by atoms with Gasteiger partial charge in [-0.2, -0.15) is 0 Å². The Balaban J connectivity index is 1.20. The number of H-pyrrole nitrogens is 1. The second-order valence-electron chi connectivity index (χ2n) is 22.1. The molecule has 87 heavy (non-hydrogen) atoms. The van der Waals surface area contributed by atoms with Gasteiger partial charge >= 0.3 is 6.09 Å². The molecule has 0 unspecified atom stereocenters. The van der Waals surface area contributed by atoms with E-state index in [9.17, 15) is 58.2 Å². The highest BCUT2D eigenvalue weighted by Crippen LogP contribution is 2.23. The Hall–Kier alpha value is -9.11. The van der Waals surface area contributed by atoms with E-state index in [0.717, 1.165) is 6.42 Å². The Labute approximate surface area is 504 Å². The van der Waals surface area contributed by atoms with Crippen LogP contribution in [0.5, 0.6) is 5.75 Å². The van der Waals surface area contributed by atoms with E-state index in [2.05, 4.69) is 47.2 Å². The number of aromatic nitrogens is 1. The van der Waals surface area contributed by atoms with Crippen molar-refractivity contribution in [2.24, 2.45) is 28.1 Å². The fraction of sp³-hybridized carbons (Fsp3) is 0.483. The van der Waals surface area contributed by atoms with E-state index < -0.39 is 114 Å². The number of nitrogens with two attached hydrogens (primary N) is 3. The summed E-state index contributed by atoms with van der Waals surface area (Å²) in [6, 6.07) is 11.3. The molecule has 0 aliphatic carbocycles. The van der Waals surface area contributed by atoms with Gasteiger partial charge in [-0.05, 0) is 105 Å². The number of hydrogen-bond acceptors (Lipinski definition) is 15. The van der Waals surface area contributed by atoms with Crippen molar-refractivity contribution < 1.29 is 62.9 Å². The summed E-state index contributed by atoms with van der Waals surface area (Å²) < 4.78 is 5.33. The number of carbonyl (C=O) groups excluding carboxylic acids is 10. The van der Waals surface area contributed by atoms with Gasteiger partial charge in [0.2, 0.25) is 53.2 Å². The predicted molar refractivity (Wildman–Crippen MR) is 320 cm³/mol. The third-order valence-electron chi connectivity index (χ3n) is 15.1. The fourth-order valence-corrected chi connectivity index (χ4v) is 10.6. The van der Waals surface area contributed by atoms with Crippen LogP contribution in [-0.2, 0) is 67.3 Å². The van der Waals surface area contributed by atoms with E-state index in [-0.39, 0.29) is 88.7 Å². The molecule has 8 atom stereocenters. The maximum atomic E-state index is 14.9. The number of imide groups is 1. The molecule has 3 aromatic carbocycles. The molecule has 6 rings (SSSR count). The molecular weight excluding hydrogens is 1120 g/mol. The van der Waals surface area contributed by atoms with Crippen LogP contribution in [0.15, 0.2) is 90.1 Å². The molecule has 0 bridgehead atoms. The minimum Gasteiger partial charge on any atom is -0.508 e. The van der Waals surface area contributed by atoms with E-state index in [0.29, 0.717) is 53.5 Å². The standard InChI is InChI=1S/C60H82N14O13/c1-4-73-27-11-18-48(73)56(83)72-52(79)42(17-10-26-64-59(62)63)66-53(80)44(29-35(2)3)68-57(84)49-19-12-28-74(49)58(85)46(30-36-20-22-39(76)23-21-36)69-55(82)47(33-75)70-54(81)45(31-38-32-65-41-16-9-8-15-40(38)41)67-51(78)43(24-25-50(61)77)71-60(86)87-34-37-13-6-5-7-14-37/h5-9,13-16,20-23,32,35,42-49,65,75-76H,4,10-12,17-19,24-31,33-34H2,1-3H3,(H2,61,77)(H,66,80)(H,67,78)(H,68,84)(H,69,82)(H,70,81)(H,71,86)(H4,62,63,64)(H,72,79,83)/t42-,43-,44-,45-,46-,47-,48-,49+/m0/s1. The van der Waals surface area contributed by atoms with Gasteiger partial charge in [-0.15, -0.1) is 0 Å². The lowest BCUT2D eigenvalue weighted by Gasteiger charge is -2.31. The fourth-order valence-electron chi connectivity index (χ4n) is 10.6. The van der Waals surface area contributed by atoms with Crippen LogP contribution in [0.25, 0.3) is 10.9 Å². The van der Waals surface area contributed by atoms with Gasteiger partial charge in [-0.3, -0.25) is 58.4 Å². The quantitative estimate of drug-likeness (QED) is 0.0177. The lowest BCUT2D eigenvalue weighted by Crippen LogP contribution is -2.61. The lowest BCUT2D eigenvalue weighted by molar-refractivity contribution is -0.143. The van der Waals surface area contributed by atoms with Crippen molar-refractivity contribution in [3.8, 4) is 5.75 Å². The average molecular weight is 1210 g/mol. The van der Waals surface area contributed by atoms with Crippen molar-refractivity contribution in [3.05, 3.63) is 102 Å². The second kappa shape index (κ2) is 33.0. The zero-order chi connectivity index (χ0) is 63.2. The first kappa shape index (κ1) is 67.0. The summed E-state index contributed by atoms with van der Waals surface area (Å²) in [6.07, 6.45) is 1.76. The molecule has 2 fully saturated rings. The van der Waals surface area contributed by atoms with Gasteiger partial charge in [-0.1, -0.05) is 81.4 Å². The van der Waals surface area contributed by atoms with Crippen LogP contribution in [0.1, 0.15) is 95.2 Å². The minimum absolute atomic E-state index is 0.0293. The van der Waals surface area contributed by atoms with Gasteiger partial charge in [0.15, 0.2) is 5.96 Å². The van der Waals surface area contributed by atoms with Crippen LogP contribution in [-0.4, -0.2) is 171 Å². The van der Waals surface area contributed by atoms with E-state index >= 15 is 0 Å². The summed E-state index contributed by atoms with van der Waals surface area (Å²) in [5.41, 5.74) is 18.8. The van der Waals surface area contributed by atoms with Gasteiger partial charge in [0.1, 0.15) is 54.6 Å². The number of ether oxygens (including phenoxy) is 1. The third-order valence-corrected chi connectivity index (χ3v) is 15.1. The first-order valence-electron chi connectivity index (χ1n) is 29.3. The molecule has 27 heteroatoms. The predicted octanol–water partition coefficient (Wildman–Crippen LogP) is -0.147. The molecule has 1 aromatic heterocycles. The van der Waals surface area contributed by atoms with E-state index in [1.165, 1.54) is 29.2 Å². The average Bonchev–Trinajstić information content (AvgIpc) is 3.16. The number of fused-ring (bicyclic) bond motifs is 1. The maximum Gasteiger partial charge on any atom is 0.408 e. The number of aromatic amines is 1. The van der Waals surface area contributed by atoms with Crippen LogP contribution in [0.2, 0.25) is 0 Å². The number of carbonyl (C=O) groups is 10. The number of nitrogens with one attached hydrogen (secondary N) is 8. The summed E-state index contributed by atoms with van der Waals surface area (Å²) >= 11 is 0. The molecule has 2 aliphatic heterocycles. The largest absolute Gasteiger partial charge is 0.508 e. The minimum atomic E-state index is -1.76. The number of nitrogens with zero attached hydrogens (tertiary/aromatic N) is 3. The molecule has 0 saturated carbocycles. The highest BCUT2D eigenvalue weighted by molar-refractivity contribution is 6.02. The molecule has 4 aromatic rings. The number of likely N-dealkylation sites (N-methyl/N-ethyl adjacent to an activating group) is 1. The zero-order valence-electron chi connectivity index (χ0n) is 49.3. The molecule has 3 heterocycles. The summed E-state index contributed by atoms with van der Waals surface area (Å²) in [4.78, 5) is 149. The topological polar surface area (TPSA) is 417 Å². The number of hydrogen-bond donors (Lipinski definition) is 13. The number of likely N-dealkylation sites (tertiary alicyclic amines) is 2. The van der Waals surface area contributed by atoms with Crippen molar-refractivity contribution in [2.45, 2.75) is 146 Å². The molecule has 0 radical (unpaired) electrons. The molecule has 470 valence electrons. The Morgan fingerprint density at radius 3 is 1.98 bits per heavy atom. The molecule has 2 saturated heterocycles. The van der Waals surface area contributed by atoms with Crippen molar-refractivity contribution in [2.75, 3.05) is 32.8 Å². The normalized spacial score (nSPS) is 16.9. The summed E-state index contributed by atoms with van der Waals surface area (Å²) in [7, 11) is 0. The molecule has 27 nitrogen and oxygen atoms in total. The smallest absolute Gasteiger partial charge is 0.408 e. The second-order valence-corrected chi connectivity index (χ2v) is 22.1. The lowest BCUT2D eigenvalue weighted by atomic mass is 10.0. The SMILES string of the molecule is CCN1CCC[C@H]1C(=O)NC(=O)[C@H](CCCN=C(N)N)NC(=O)[C@H](CC(C)C)NC(=O)[C@H]1CCCN1C(=O)[C@H](Cc1ccc(O)cc1)NC(=O)[C@H](CO)NC(=O)[C@H](Cc1c[nH]c2ccccc12)NC(=O)[C@H](CCC(N)=O)NC(=O)OCc1ccccc1. The molecule has 16 N–H and O–H groups in total. The van der Waals surface area contributed by atoms with E-state index in [1.54, 1.807) is 60.8 Å². The van der Waals surface area contributed by atoms with E-state index in [4.69, 9.17) is 21.9 Å². The highest BCUT2D eigenvalue weighted by atomic mass is 16.5. The van der Waals surface area contributed by atoms with Crippen LogP contribution in [0, 0.1) is 5.92 Å². The van der Waals surface area contributed by atoms with Crippen LogP contribution in [0.4, 0.5) is 4.79 Å². The monoisotopic (exact) mass is 1210 g/mol. The van der Waals surface area contributed by atoms with Crippen molar-refractivity contribution >= 4 is 76.1 Å². The summed E-state index contributed by atoms with van der Waals surface area (Å²) in [5.74, 6) is -7.56. The number of alkyl carbamates (subject to hydrolysis) is 1. The summed E-state index contributed by atoms with van der Waals surface area (Å²) in [5, 5.41) is 39.8. The van der Waals surface area contributed by atoms with Crippen LogP contribution in [0.3, 0.4) is 0 Å². The van der Waals surface area contributed by atoms with Crippen LogP contribution >= 0.6 is 0 Å². The van der Waals surface area contributed by atoms with E-state index in [1.807, 2.05) is 25.7 Å². The zero-order valence-corrected chi connectivity index (χ0v) is 49.3. The number of aliphatic imine (C=N–C) groups is 1. The number of benzene rings is 3. The van der Waals surface area contributed by atoms with Crippen molar-refractivity contribution in [1.29, 1.82) is 0 Å². The van der Waals surface area contributed by atoms with Crippen molar-refractivity contribution in [3.63, 3.8) is 0 Å². The molecule has 10 amide bonds. The first-order valence-corrected chi connectivity index (χ1v) is 29.3. The van der Waals surface area contributed by atoms with Crippen molar-refractivity contribution in [1.82, 2.24) is 52.0 Å². The third kappa shape index (κ3) is 20.3. The van der Waals surface area contributed by atoms with Gasteiger partial charge in [0, 0.05) is 49.5 Å². The van der Waals surface area contributed by atoms with Gasteiger partial charge in [-0.25, -0.2) is 4.79 Å². The number of amides is 10. The Morgan fingerprint density at radius 2 is 1.29 bits per heavy atom. The highest BCUT2D eigenvalue weighted by Gasteiger charge is 2.41. The number of para-hydroxylation sites is 1. The number of aliphatic hydroxyl groups is 1. The molecule has 2 aliphatic rings. The Kier molecular flexibility index (Phi) is 25.4. The number of aliphatic hydroxyl groups excluding tert-OH is 1. The number of rotatable bonds is 31.